The Bertz CT molecular complexity index is 724. The number of likely N-dealkylation sites (tertiary alicyclic amines) is 1. The van der Waals surface area contributed by atoms with Gasteiger partial charge in [0.05, 0.1) is 17.2 Å². The van der Waals surface area contributed by atoms with Crippen LogP contribution in [0.2, 0.25) is 0 Å². The van der Waals surface area contributed by atoms with Gasteiger partial charge in [-0.05, 0) is 12.1 Å². The Kier molecular flexibility index (Phi) is 4.49. The standard InChI is InChI=1S/C16H20N2O5S/c19-14(6-11-24(21,22)13-4-2-1-3-5-13)18-9-7-16(8-10-18)12-17-15(20)23-16/h1-5H,6-12H2,(H,17,20). The van der Waals surface area contributed by atoms with Crippen LogP contribution in [0.5, 0.6) is 0 Å². The van der Waals surface area contributed by atoms with Gasteiger partial charge in [-0.25, -0.2) is 13.2 Å². The summed E-state index contributed by atoms with van der Waals surface area (Å²) < 4.78 is 29.8. The molecule has 2 aliphatic rings. The van der Waals surface area contributed by atoms with Crippen molar-refractivity contribution in [3.8, 4) is 0 Å². The molecule has 130 valence electrons. The summed E-state index contributed by atoms with van der Waals surface area (Å²) in [5.74, 6) is -0.379. The molecule has 0 radical (unpaired) electrons. The molecule has 24 heavy (non-hydrogen) atoms. The summed E-state index contributed by atoms with van der Waals surface area (Å²) in [6, 6.07) is 8.14. The van der Waals surface area contributed by atoms with E-state index in [2.05, 4.69) is 5.32 Å². The third-order valence-corrected chi connectivity index (χ3v) is 6.31. The molecule has 0 saturated carbocycles. The van der Waals surface area contributed by atoms with Gasteiger partial charge < -0.3 is 15.0 Å². The number of carbonyl (C=O) groups excluding carboxylic acids is 2. The SMILES string of the molecule is O=C1NCC2(CCN(C(=O)CCS(=O)(=O)c3ccccc3)CC2)O1. The van der Waals surface area contributed by atoms with E-state index in [1.54, 1.807) is 23.1 Å². The van der Waals surface area contributed by atoms with Gasteiger partial charge in [-0.15, -0.1) is 0 Å². The van der Waals surface area contributed by atoms with E-state index >= 15 is 0 Å². The highest BCUT2D eigenvalue weighted by atomic mass is 32.2. The average molecular weight is 352 g/mol. The van der Waals surface area contributed by atoms with Crippen LogP contribution >= 0.6 is 0 Å². The number of piperidine rings is 1. The van der Waals surface area contributed by atoms with E-state index in [0.717, 1.165) is 0 Å². The molecule has 8 heteroatoms. The molecular weight excluding hydrogens is 332 g/mol. The number of nitrogens with zero attached hydrogens (tertiary/aromatic N) is 1. The Hall–Kier alpha value is -2.09. The maximum Gasteiger partial charge on any atom is 0.407 e. The minimum Gasteiger partial charge on any atom is -0.441 e. The first-order chi connectivity index (χ1) is 11.4. The van der Waals surface area contributed by atoms with Crippen LogP contribution in [0.1, 0.15) is 19.3 Å². The van der Waals surface area contributed by atoms with Gasteiger partial charge in [0.25, 0.3) is 0 Å². The first kappa shape index (κ1) is 16.8. The lowest BCUT2D eigenvalue weighted by molar-refractivity contribution is -0.134. The van der Waals surface area contributed by atoms with Gasteiger partial charge >= 0.3 is 6.09 Å². The van der Waals surface area contributed by atoms with E-state index in [1.165, 1.54) is 12.1 Å². The van der Waals surface area contributed by atoms with Gasteiger partial charge in [-0.2, -0.15) is 0 Å². The third-order valence-electron chi connectivity index (χ3n) is 4.58. The van der Waals surface area contributed by atoms with Crippen molar-refractivity contribution >= 4 is 21.8 Å². The summed E-state index contributed by atoms with van der Waals surface area (Å²) in [6.07, 6.45) is 0.692. The highest BCUT2D eigenvalue weighted by Gasteiger charge is 2.43. The molecule has 1 aromatic carbocycles. The van der Waals surface area contributed by atoms with Crippen LogP contribution in [-0.2, 0) is 19.4 Å². The van der Waals surface area contributed by atoms with Gasteiger partial charge in [-0.3, -0.25) is 4.79 Å². The fourth-order valence-corrected chi connectivity index (χ4v) is 4.32. The first-order valence-electron chi connectivity index (χ1n) is 7.93. The average Bonchev–Trinajstić information content (AvgIpc) is 2.95. The maximum atomic E-state index is 12.3. The summed E-state index contributed by atoms with van der Waals surface area (Å²) >= 11 is 0. The normalized spacial score (nSPS) is 19.8. The van der Waals surface area contributed by atoms with Gasteiger partial charge in [0.15, 0.2) is 9.84 Å². The van der Waals surface area contributed by atoms with Crippen molar-refractivity contribution < 1.29 is 22.7 Å². The number of hydrogen-bond acceptors (Lipinski definition) is 5. The fraction of sp³-hybridized carbons (Fsp3) is 0.500. The summed E-state index contributed by atoms with van der Waals surface area (Å²) in [5.41, 5.74) is -0.510. The van der Waals surface area contributed by atoms with Crippen molar-refractivity contribution in [1.29, 1.82) is 0 Å². The number of rotatable bonds is 4. The lowest BCUT2D eigenvalue weighted by atomic mass is 9.91. The molecule has 2 amide bonds. The Morgan fingerprint density at radius 2 is 1.88 bits per heavy atom. The Balaban J connectivity index is 1.52. The molecule has 2 saturated heterocycles. The molecule has 1 N–H and O–H groups in total. The molecule has 2 fully saturated rings. The Labute approximate surface area is 140 Å². The second-order valence-corrected chi connectivity index (χ2v) is 8.30. The number of alkyl carbamates (subject to hydrolysis) is 1. The van der Waals surface area contributed by atoms with Crippen LogP contribution in [0, 0.1) is 0 Å². The number of sulfone groups is 1. The van der Waals surface area contributed by atoms with Gasteiger partial charge in [0.2, 0.25) is 5.91 Å². The summed E-state index contributed by atoms with van der Waals surface area (Å²) in [6.45, 7) is 1.41. The van der Waals surface area contributed by atoms with Crippen LogP contribution in [0.3, 0.4) is 0 Å². The second-order valence-electron chi connectivity index (χ2n) is 6.19. The van der Waals surface area contributed by atoms with Crippen molar-refractivity contribution in [2.24, 2.45) is 0 Å². The van der Waals surface area contributed by atoms with Crippen molar-refractivity contribution in [3.05, 3.63) is 30.3 Å². The van der Waals surface area contributed by atoms with Gasteiger partial charge in [0.1, 0.15) is 5.60 Å². The minimum absolute atomic E-state index is 0.0394. The second kappa shape index (κ2) is 6.43. The number of carbonyl (C=O) groups is 2. The van der Waals surface area contributed by atoms with E-state index in [4.69, 9.17) is 4.74 Å². The fourth-order valence-electron chi connectivity index (χ4n) is 3.07. The van der Waals surface area contributed by atoms with E-state index in [1.807, 2.05) is 0 Å². The zero-order valence-electron chi connectivity index (χ0n) is 13.2. The molecule has 0 unspecified atom stereocenters. The molecular formula is C16H20N2O5S. The largest absolute Gasteiger partial charge is 0.441 e. The van der Waals surface area contributed by atoms with E-state index in [-0.39, 0.29) is 23.0 Å². The van der Waals surface area contributed by atoms with Gasteiger partial charge in [-0.1, -0.05) is 18.2 Å². The highest BCUT2D eigenvalue weighted by molar-refractivity contribution is 7.91. The van der Waals surface area contributed by atoms with Crippen LogP contribution in [0.15, 0.2) is 35.2 Å². The maximum absolute atomic E-state index is 12.3. The predicted octanol–water partition coefficient (Wildman–Crippen LogP) is 0.951. The predicted molar refractivity (Wildman–Crippen MR) is 86.1 cm³/mol. The number of nitrogens with one attached hydrogen (secondary N) is 1. The zero-order chi connectivity index (χ0) is 17.2. The zero-order valence-corrected chi connectivity index (χ0v) is 14.0. The molecule has 0 bridgehead atoms. The smallest absolute Gasteiger partial charge is 0.407 e. The summed E-state index contributed by atoms with van der Waals surface area (Å²) in [7, 11) is -3.45. The molecule has 0 aliphatic carbocycles. The number of ether oxygens (including phenoxy) is 1. The van der Waals surface area contributed by atoms with Crippen LogP contribution in [-0.4, -0.2) is 56.3 Å². The third kappa shape index (κ3) is 3.53. The lowest BCUT2D eigenvalue weighted by Crippen LogP contribution is -2.48. The Morgan fingerprint density at radius 1 is 1.21 bits per heavy atom. The van der Waals surface area contributed by atoms with E-state index in [9.17, 15) is 18.0 Å². The quantitative estimate of drug-likeness (QED) is 0.871. The van der Waals surface area contributed by atoms with Gasteiger partial charge in [0, 0.05) is 32.4 Å². The molecule has 2 heterocycles. The molecule has 1 spiro atoms. The van der Waals surface area contributed by atoms with Crippen LogP contribution < -0.4 is 5.32 Å². The van der Waals surface area contributed by atoms with E-state index in [0.29, 0.717) is 32.5 Å². The number of amides is 2. The first-order valence-corrected chi connectivity index (χ1v) is 9.58. The number of benzene rings is 1. The minimum atomic E-state index is -3.45. The topological polar surface area (TPSA) is 92.8 Å². The van der Waals surface area contributed by atoms with Crippen molar-refractivity contribution in [3.63, 3.8) is 0 Å². The van der Waals surface area contributed by atoms with Crippen molar-refractivity contribution in [1.82, 2.24) is 10.2 Å². The lowest BCUT2D eigenvalue weighted by Gasteiger charge is -2.37. The highest BCUT2D eigenvalue weighted by Crippen LogP contribution is 2.29. The Morgan fingerprint density at radius 3 is 2.46 bits per heavy atom. The molecule has 7 nitrogen and oxygen atoms in total. The van der Waals surface area contributed by atoms with Crippen LogP contribution in [0.4, 0.5) is 4.79 Å². The van der Waals surface area contributed by atoms with Crippen LogP contribution in [0.25, 0.3) is 0 Å². The van der Waals surface area contributed by atoms with E-state index < -0.39 is 21.5 Å². The monoisotopic (exact) mass is 352 g/mol. The molecule has 0 atom stereocenters. The van der Waals surface area contributed by atoms with Crippen molar-refractivity contribution in [2.75, 3.05) is 25.4 Å². The summed E-state index contributed by atoms with van der Waals surface area (Å²) in [4.78, 5) is 25.4. The number of hydrogen-bond donors (Lipinski definition) is 1. The molecule has 0 aromatic heterocycles. The molecule has 1 aromatic rings. The molecule has 2 aliphatic heterocycles. The molecule has 3 rings (SSSR count). The van der Waals surface area contributed by atoms with Crippen molar-refractivity contribution in [2.45, 2.75) is 29.8 Å². The summed E-state index contributed by atoms with van der Waals surface area (Å²) in [5, 5.41) is 2.64.